The van der Waals surface area contributed by atoms with E-state index in [1.807, 2.05) is 30.5 Å². The van der Waals surface area contributed by atoms with E-state index in [-0.39, 0.29) is 6.04 Å². The number of halogens is 2. The maximum Gasteiger partial charge on any atom is 0.0417 e. The molecule has 0 aliphatic heterocycles. The van der Waals surface area contributed by atoms with Crippen molar-refractivity contribution in [3.8, 4) is 0 Å². The highest BCUT2D eigenvalue weighted by atomic mass is 79.9. The average molecular weight is 381 g/mol. The van der Waals surface area contributed by atoms with E-state index >= 15 is 0 Å². The molecule has 0 amide bonds. The molecule has 2 aromatic carbocycles. The summed E-state index contributed by atoms with van der Waals surface area (Å²) in [6.07, 6.45) is 0.959. The maximum absolute atomic E-state index is 6.04. The fraction of sp³-hybridized carbons (Fsp3) is 0.176. The summed E-state index contributed by atoms with van der Waals surface area (Å²) in [6.45, 7) is 0. The van der Waals surface area contributed by atoms with Gasteiger partial charge in [0.25, 0.3) is 0 Å². The van der Waals surface area contributed by atoms with Crippen LogP contribution in [0.25, 0.3) is 10.1 Å². The largest absolute Gasteiger partial charge is 0.313 e. The van der Waals surface area contributed by atoms with Crippen LogP contribution in [0.4, 0.5) is 0 Å². The Labute approximate surface area is 142 Å². The van der Waals surface area contributed by atoms with Crippen molar-refractivity contribution in [2.24, 2.45) is 0 Å². The van der Waals surface area contributed by atoms with Gasteiger partial charge in [-0.1, -0.05) is 51.8 Å². The Morgan fingerprint density at radius 1 is 1.24 bits per heavy atom. The molecule has 0 aliphatic rings. The molecule has 3 rings (SSSR count). The standard InChI is InChI=1S/C17H15BrClNS/c1-20-16(14-7-6-12(19)9-15(14)18)8-11-10-21-17-5-3-2-4-13(11)17/h2-7,9-10,16,20H,8H2,1H3. The molecule has 1 atom stereocenters. The summed E-state index contributed by atoms with van der Waals surface area (Å²) in [7, 11) is 2.00. The van der Waals surface area contributed by atoms with Crippen molar-refractivity contribution in [2.45, 2.75) is 12.5 Å². The van der Waals surface area contributed by atoms with E-state index in [1.54, 1.807) is 0 Å². The highest BCUT2D eigenvalue weighted by molar-refractivity contribution is 9.10. The van der Waals surface area contributed by atoms with Crippen LogP contribution in [-0.2, 0) is 6.42 Å². The van der Waals surface area contributed by atoms with Gasteiger partial charge in [0.2, 0.25) is 0 Å². The van der Waals surface area contributed by atoms with Crippen LogP contribution in [0.5, 0.6) is 0 Å². The second kappa shape index (κ2) is 6.49. The van der Waals surface area contributed by atoms with Gasteiger partial charge < -0.3 is 5.32 Å². The number of thiophene rings is 1. The second-order valence-electron chi connectivity index (χ2n) is 4.97. The summed E-state index contributed by atoms with van der Waals surface area (Å²) < 4.78 is 2.39. The predicted molar refractivity (Wildman–Crippen MR) is 96.5 cm³/mol. The third-order valence-corrected chi connectivity index (χ3v) is 5.61. The van der Waals surface area contributed by atoms with Gasteiger partial charge in [0.15, 0.2) is 0 Å². The van der Waals surface area contributed by atoms with Crippen molar-refractivity contribution < 1.29 is 0 Å². The van der Waals surface area contributed by atoms with Gasteiger partial charge in [-0.3, -0.25) is 0 Å². The van der Waals surface area contributed by atoms with E-state index in [2.05, 4.69) is 57.0 Å². The molecule has 21 heavy (non-hydrogen) atoms. The molecular weight excluding hydrogens is 366 g/mol. The normalized spacial score (nSPS) is 12.7. The van der Waals surface area contributed by atoms with E-state index in [1.165, 1.54) is 21.2 Å². The second-order valence-corrected chi connectivity index (χ2v) is 7.17. The smallest absolute Gasteiger partial charge is 0.0417 e. The molecule has 1 aromatic heterocycles. The molecule has 1 nitrogen and oxygen atoms in total. The first-order valence-corrected chi connectivity index (χ1v) is 8.81. The molecule has 1 N–H and O–H groups in total. The van der Waals surface area contributed by atoms with Crippen LogP contribution < -0.4 is 5.32 Å². The SMILES string of the molecule is CNC(Cc1csc2ccccc12)c1ccc(Cl)cc1Br. The zero-order valence-electron chi connectivity index (χ0n) is 11.6. The first kappa shape index (κ1) is 15.0. The Kier molecular flexibility index (Phi) is 4.65. The summed E-state index contributed by atoms with van der Waals surface area (Å²) in [5, 5.41) is 7.78. The Hall–Kier alpha value is -0.870. The van der Waals surface area contributed by atoms with Crippen LogP contribution >= 0.6 is 38.9 Å². The molecular formula is C17H15BrClNS. The van der Waals surface area contributed by atoms with Crippen LogP contribution in [0.15, 0.2) is 52.3 Å². The van der Waals surface area contributed by atoms with Gasteiger partial charge in [-0.15, -0.1) is 11.3 Å². The van der Waals surface area contributed by atoms with Gasteiger partial charge in [0.05, 0.1) is 0 Å². The first-order chi connectivity index (χ1) is 10.2. The summed E-state index contributed by atoms with van der Waals surface area (Å²) in [4.78, 5) is 0. The number of rotatable bonds is 4. The molecule has 0 spiro atoms. The molecule has 108 valence electrons. The summed E-state index contributed by atoms with van der Waals surface area (Å²) in [5.41, 5.74) is 2.62. The van der Waals surface area contributed by atoms with Gasteiger partial charge >= 0.3 is 0 Å². The monoisotopic (exact) mass is 379 g/mol. The fourth-order valence-corrected chi connectivity index (χ4v) is 4.50. The average Bonchev–Trinajstić information content (AvgIpc) is 2.89. The minimum Gasteiger partial charge on any atom is -0.313 e. The Morgan fingerprint density at radius 3 is 2.81 bits per heavy atom. The lowest BCUT2D eigenvalue weighted by Gasteiger charge is -2.18. The van der Waals surface area contributed by atoms with Crippen molar-refractivity contribution >= 4 is 49.0 Å². The van der Waals surface area contributed by atoms with E-state index in [9.17, 15) is 0 Å². The molecule has 4 heteroatoms. The molecule has 0 saturated heterocycles. The summed E-state index contributed by atoms with van der Waals surface area (Å²) >= 11 is 11.5. The molecule has 1 unspecified atom stereocenters. The van der Waals surface area contributed by atoms with Crippen LogP contribution in [0, 0.1) is 0 Å². The maximum atomic E-state index is 6.04. The topological polar surface area (TPSA) is 12.0 Å². The lowest BCUT2D eigenvalue weighted by atomic mass is 9.98. The number of hydrogen-bond donors (Lipinski definition) is 1. The van der Waals surface area contributed by atoms with Crippen molar-refractivity contribution in [1.82, 2.24) is 5.32 Å². The zero-order chi connectivity index (χ0) is 14.8. The van der Waals surface area contributed by atoms with Gasteiger partial charge in [0.1, 0.15) is 0 Å². The minimum absolute atomic E-state index is 0.259. The van der Waals surface area contributed by atoms with E-state index in [0.717, 1.165) is 15.9 Å². The summed E-state index contributed by atoms with van der Waals surface area (Å²) in [5.74, 6) is 0. The van der Waals surface area contributed by atoms with Crippen molar-refractivity contribution in [1.29, 1.82) is 0 Å². The Bertz CT molecular complexity index is 768. The van der Waals surface area contributed by atoms with Crippen LogP contribution in [0.3, 0.4) is 0 Å². The molecule has 0 saturated carbocycles. The number of nitrogens with one attached hydrogen (secondary N) is 1. The van der Waals surface area contributed by atoms with E-state index in [0.29, 0.717) is 0 Å². The van der Waals surface area contributed by atoms with Crippen molar-refractivity contribution in [2.75, 3.05) is 7.05 Å². The van der Waals surface area contributed by atoms with Crippen LogP contribution in [0.2, 0.25) is 5.02 Å². The Morgan fingerprint density at radius 2 is 2.05 bits per heavy atom. The quantitative estimate of drug-likeness (QED) is 0.601. The fourth-order valence-electron chi connectivity index (χ4n) is 2.56. The van der Waals surface area contributed by atoms with Crippen LogP contribution in [0.1, 0.15) is 17.2 Å². The predicted octanol–water partition coefficient (Wildman–Crippen LogP) is 5.82. The first-order valence-electron chi connectivity index (χ1n) is 6.76. The number of hydrogen-bond acceptors (Lipinski definition) is 2. The third-order valence-electron chi connectivity index (χ3n) is 3.67. The van der Waals surface area contributed by atoms with E-state index < -0.39 is 0 Å². The highest BCUT2D eigenvalue weighted by Crippen LogP contribution is 2.32. The van der Waals surface area contributed by atoms with Crippen molar-refractivity contribution in [3.63, 3.8) is 0 Å². The van der Waals surface area contributed by atoms with Gasteiger partial charge in [-0.2, -0.15) is 0 Å². The molecule has 0 fully saturated rings. The molecule has 0 bridgehead atoms. The van der Waals surface area contributed by atoms with Crippen molar-refractivity contribution in [3.05, 3.63) is 68.5 Å². The van der Waals surface area contributed by atoms with E-state index in [4.69, 9.17) is 11.6 Å². The molecule has 1 heterocycles. The lowest BCUT2D eigenvalue weighted by Crippen LogP contribution is -2.19. The number of fused-ring (bicyclic) bond motifs is 1. The highest BCUT2D eigenvalue weighted by Gasteiger charge is 2.15. The van der Waals surface area contributed by atoms with Gasteiger partial charge in [-0.25, -0.2) is 0 Å². The van der Waals surface area contributed by atoms with Gasteiger partial charge in [-0.05, 0) is 53.6 Å². The molecule has 0 aliphatic carbocycles. The number of likely N-dealkylation sites (N-methyl/N-ethyl adjacent to an activating group) is 1. The van der Waals surface area contributed by atoms with Gasteiger partial charge in [0, 0.05) is 20.2 Å². The summed E-state index contributed by atoms with van der Waals surface area (Å²) in [6, 6.07) is 14.8. The zero-order valence-corrected chi connectivity index (χ0v) is 14.7. The molecule has 0 radical (unpaired) electrons. The minimum atomic E-state index is 0.259. The number of benzene rings is 2. The third kappa shape index (κ3) is 3.16. The Balaban J connectivity index is 1.94. The lowest BCUT2D eigenvalue weighted by molar-refractivity contribution is 0.592. The molecule has 3 aromatic rings. The van der Waals surface area contributed by atoms with Crippen LogP contribution in [-0.4, -0.2) is 7.05 Å².